The highest BCUT2D eigenvalue weighted by Gasteiger charge is 2.20. The molecule has 0 saturated carbocycles. The molecular weight excluding hydrogens is 214 g/mol. The van der Waals surface area contributed by atoms with E-state index in [1.54, 1.807) is 0 Å². The molecule has 0 bridgehead atoms. The second kappa shape index (κ2) is 5.60. The van der Waals surface area contributed by atoms with Crippen LogP contribution in [0.25, 0.3) is 0 Å². The molecule has 2 rings (SSSR count). The van der Waals surface area contributed by atoms with Crippen molar-refractivity contribution in [3.05, 3.63) is 23.8 Å². The summed E-state index contributed by atoms with van der Waals surface area (Å²) in [7, 11) is 0. The van der Waals surface area contributed by atoms with Gasteiger partial charge in [-0.25, -0.2) is 0 Å². The van der Waals surface area contributed by atoms with Gasteiger partial charge in [-0.1, -0.05) is 19.1 Å². The Morgan fingerprint density at radius 3 is 3.00 bits per heavy atom. The fraction of sp³-hybridized carbons (Fsp3) is 0.429. The van der Waals surface area contributed by atoms with E-state index in [2.05, 4.69) is 18.2 Å². The van der Waals surface area contributed by atoms with Gasteiger partial charge in [0.05, 0.1) is 0 Å². The third-order valence-corrected chi connectivity index (χ3v) is 2.74. The molecule has 0 saturated heterocycles. The van der Waals surface area contributed by atoms with E-state index in [4.69, 9.17) is 15.9 Å². The van der Waals surface area contributed by atoms with E-state index in [0.717, 1.165) is 23.6 Å². The first kappa shape index (κ1) is 11.8. The summed E-state index contributed by atoms with van der Waals surface area (Å²) in [4.78, 5) is 0. The van der Waals surface area contributed by atoms with Gasteiger partial charge in [-0.2, -0.15) is 0 Å². The molecule has 0 spiro atoms. The fourth-order valence-electron chi connectivity index (χ4n) is 2.03. The molecule has 1 aliphatic heterocycles. The Balaban J connectivity index is 2.32. The van der Waals surface area contributed by atoms with Crippen LogP contribution in [0.5, 0.6) is 11.5 Å². The lowest BCUT2D eigenvalue weighted by atomic mass is 10.0. The molecule has 0 aromatic heterocycles. The Morgan fingerprint density at radius 1 is 1.41 bits per heavy atom. The number of ether oxygens (including phenoxy) is 2. The molecular formula is C14H17NO2. The van der Waals surface area contributed by atoms with Crippen molar-refractivity contribution in [3.8, 4) is 23.8 Å². The van der Waals surface area contributed by atoms with Crippen LogP contribution in [0, 0.1) is 12.3 Å². The van der Waals surface area contributed by atoms with Crippen molar-refractivity contribution in [1.29, 1.82) is 0 Å². The number of para-hydroxylation sites is 1. The monoisotopic (exact) mass is 231 g/mol. The lowest BCUT2D eigenvalue weighted by Gasteiger charge is -2.24. The third kappa shape index (κ3) is 2.54. The summed E-state index contributed by atoms with van der Waals surface area (Å²) in [6.45, 7) is 4.14. The van der Waals surface area contributed by atoms with Crippen molar-refractivity contribution in [2.75, 3.05) is 19.8 Å². The molecule has 3 heteroatoms. The highest BCUT2D eigenvalue weighted by atomic mass is 16.6. The lowest BCUT2D eigenvalue weighted by molar-refractivity contribution is 0.168. The minimum absolute atomic E-state index is 0.127. The van der Waals surface area contributed by atoms with Gasteiger partial charge in [-0.15, -0.1) is 12.3 Å². The van der Waals surface area contributed by atoms with Crippen LogP contribution < -0.4 is 14.8 Å². The van der Waals surface area contributed by atoms with E-state index in [-0.39, 0.29) is 6.04 Å². The van der Waals surface area contributed by atoms with Crippen LogP contribution in [-0.2, 0) is 0 Å². The first-order valence-corrected chi connectivity index (χ1v) is 5.92. The topological polar surface area (TPSA) is 30.5 Å². The molecule has 1 atom stereocenters. The smallest absolute Gasteiger partial charge is 0.166 e. The van der Waals surface area contributed by atoms with Crippen molar-refractivity contribution < 1.29 is 9.47 Å². The van der Waals surface area contributed by atoms with Crippen molar-refractivity contribution >= 4 is 0 Å². The highest BCUT2D eigenvalue weighted by Crippen LogP contribution is 2.37. The Bertz CT molecular complexity index is 423. The summed E-state index contributed by atoms with van der Waals surface area (Å²) in [5.41, 5.74) is 1.09. The number of benzene rings is 1. The number of fused-ring (bicyclic) bond motifs is 1. The molecule has 17 heavy (non-hydrogen) atoms. The van der Waals surface area contributed by atoms with Crippen LogP contribution in [0.2, 0.25) is 0 Å². The normalized spacial score (nSPS) is 15.1. The fourth-order valence-corrected chi connectivity index (χ4v) is 2.03. The molecule has 3 nitrogen and oxygen atoms in total. The number of hydrogen-bond acceptors (Lipinski definition) is 3. The van der Waals surface area contributed by atoms with E-state index in [1.165, 1.54) is 0 Å². The van der Waals surface area contributed by atoms with Gasteiger partial charge in [0.15, 0.2) is 11.5 Å². The Morgan fingerprint density at radius 2 is 2.24 bits per heavy atom. The maximum Gasteiger partial charge on any atom is 0.166 e. The summed E-state index contributed by atoms with van der Waals surface area (Å²) < 4.78 is 11.3. The maximum atomic E-state index is 5.69. The standard InChI is InChI=1S/C14H17NO2/c1-3-6-12(15-4-2)11-7-5-8-13-14(11)17-10-9-16-13/h1,5,7-8,12,15H,4,6,9-10H2,2H3. The van der Waals surface area contributed by atoms with Gasteiger partial charge in [0.25, 0.3) is 0 Å². The Kier molecular flexibility index (Phi) is 3.89. The SMILES string of the molecule is C#CCC(NCC)c1cccc2c1OCCO2. The zero-order valence-corrected chi connectivity index (χ0v) is 10.0. The third-order valence-electron chi connectivity index (χ3n) is 2.74. The molecule has 1 heterocycles. The minimum Gasteiger partial charge on any atom is -0.486 e. The van der Waals surface area contributed by atoms with Crippen LogP contribution >= 0.6 is 0 Å². The number of nitrogens with one attached hydrogen (secondary N) is 1. The van der Waals surface area contributed by atoms with E-state index >= 15 is 0 Å². The molecule has 0 fully saturated rings. The minimum atomic E-state index is 0.127. The van der Waals surface area contributed by atoms with Gasteiger partial charge in [0.1, 0.15) is 13.2 Å². The average molecular weight is 231 g/mol. The second-order valence-electron chi connectivity index (χ2n) is 3.89. The highest BCUT2D eigenvalue weighted by molar-refractivity contribution is 5.49. The molecule has 1 aromatic carbocycles. The molecule has 1 aliphatic rings. The van der Waals surface area contributed by atoms with Crippen molar-refractivity contribution in [3.63, 3.8) is 0 Å². The summed E-state index contributed by atoms with van der Waals surface area (Å²) in [6, 6.07) is 6.07. The van der Waals surface area contributed by atoms with Crippen LogP contribution in [0.1, 0.15) is 24.9 Å². The quantitative estimate of drug-likeness (QED) is 0.805. The average Bonchev–Trinajstić information content (AvgIpc) is 2.38. The number of terminal acetylenes is 1. The van der Waals surface area contributed by atoms with Crippen molar-refractivity contribution in [1.82, 2.24) is 5.32 Å². The Labute approximate surface area is 102 Å². The summed E-state index contributed by atoms with van der Waals surface area (Å²) in [6.07, 6.45) is 6.06. The van der Waals surface area contributed by atoms with E-state index < -0.39 is 0 Å². The zero-order valence-electron chi connectivity index (χ0n) is 10.0. The van der Waals surface area contributed by atoms with E-state index in [0.29, 0.717) is 19.6 Å². The van der Waals surface area contributed by atoms with Crippen LogP contribution in [0.15, 0.2) is 18.2 Å². The van der Waals surface area contributed by atoms with Crippen molar-refractivity contribution in [2.24, 2.45) is 0 Å². The van der Waals surface area contributed by atoms with Gasteiger partial charge >= 0.3 is 0 Å². The molecule has 0 aliphatic carbocycles. The summed E-state index contributed by atoms with van der Waals surface area (Å²) in [5, 5.41) is 3.37. The van der Waals surface area contributed by atoms with Gasteiger partial charge in [-0.3, -0.25) is 0 Å². The van der Waals surface area contributed by atoms with Gasteiger partial charge in [0.2, 0.25) is 0 Å². The Hall–Kier alpha value is -1.66. The molecule has 1 N–H and O–H groups in total. The van der Waals surface area contributed by atoms with E-state index in [1.807, 2.05) is 18.2 Å². The van der Waals surface area contributed by atoms with Gasteiger partial charge in [0, 0.05) is 18.0 Å². The molecule has 0 radical (unpaired) electrons. The predicted molar refractivity (Wildman–Crippen MR) is 67.3 cm³/mol. The second-order valence-corrected chi connectivity index (χ2v) is 3.89. The van der Waals surface area contributed by atoms with Crippen LogP contribution in [-0.4, -0.2) is 19.8 Å². The first-order valence-electron chi connectivity index (χ1n) is 5.92. The zero-order chi connectivity index (χ0) is 12.1. The van der Waals surface area contributed by atoms with Crippen LogP contribution in [0.3, 0.4) is 0 Å². The summed E-state index contributed by atoms with van der Waals surface area (Å²) in [5.74, 6) is 4.35. The molecule has 0 amide bonds. The van der Waals surface area contributed by atoms with Crippen LogP contribution in [0.4, 0.5) is 0 Å². The number of rotatable bonds is 4. The van der Waals surface area contributed by atoms with Gasteiger partial charge < -0.3 is 14.8 Å². The van der Waals surface area contributed by atoms with E-state index in [9.17, 15) is 0 Å². The van der Waals surface area contributed by atoms with Gasteiger partial charge in [-0.05, 0) is 12.6 Å². The molecule has 1 aromatic rings. The summed E-state index contributed by atoms with van der Waals surface area (Å²) >= 11 is 0. The molecule has 90 valence electrons. The molecule has 1 unspecified atom stereocenters. The predicted octanol–water partition coefficient (Wildman–Crippen LogP) is 2.13. The maximum absolute atomic E-state index is 5.69. The number of hydrogen-bond donors (Lipinski definition) is 1. The lowest BCUT2D eigenvalue weighted by Crippen LogP contribution is -2.23. The first-order chi connectivity index (χ1) is 8.36. The largest absolute Gasteiger partial charge is 0.486 e. The van der Waals surface area contributed by atoms with Crippen molar-refractivity contribution in [2.45, 2.75) is 19.4 Å².